The van der Waals surface area contributed by atoms with Gasteiger partial charge in [0.15, 0.2) is 0 Å². The van der Waals surface area contributed by atoms with Crippen LogP contribution in [0.15, 0.2) is 6.07 Å². The van der Waals surface area contributed by atoms with Crippen LogP contribution in [0.4, 0.5) is 0 Å². The summed E-state index contributed by atoms with van der Waals surface area (Å²) < 4.78 is 10.7. The van der Waals surface area contributed by atoms with Crippen LogP contribution < -0.4 is 9.47 Å². The lowest BCUT2D eigenvalue weighted by molar-refractivity contribution is 0.393. The predicted molar refractivity (Wildman–Crippen MR) is 63.0 cm³/mol. The van der Waals surface area contributed by atoms with Crippen LogP contribution >= 0.6 is 0 Å². The SMILES string of the molecule is COc1cc(CCC#N)c(OC)c(C)c1C. The Morgan fingerprint density at radius 1 is 1.19 bits per heavy atom. The summed E-state index contributed by atoms with van der Waals surface area (Å²) in [5, 5.41) is 8.62. The van der Waals surface area contributed by atoms with Crippen molar-refractivity contribution in [3.63, 3.8) is 0 Å². The molecule has 0 aliphatic carbocycles. The Morgan fingerprint density at radius 3 is 2.38 bits per heavy atom. The summed E-state index contributed by atoms with van der Waals surface area (Å²) in [4.78, 5) is 0. The van der Waals surface area contributed by atoms with Crippen molar-refractivity contribution in [3.05, 3.63) is 22.8 Å². The Morgan fingerprint density at radius 2 is 1.88 bits per heavy atom. The molecule has 0 aliphatic heterocycles. The molecule has 3 nitrogen and oxygen atoms in total. The van der Waals surface area contributed by atoms with Gasteiger partial charge in [-0.25, -0.2) is 0 Å². The topological polar surface area (TPSA) is 42.2 Å². The van der Waals surface area contributed by atoms with Gasteiger partial charge in [0, 0.05) is 6.42 Å². The molecule has 0 fully saturated rings. The molecule has 1 rings (SSSR count). The minimum Gasteiger partial charge on any atom is -0.496 e. The lowest BCUT2D eigenvalue weighted by Crippen LogP contribution is -2.00. The maximum Gasteiger partial charge on any atom is 0.125 e. The lowest BCUT2D eigenvalue weighted by atomic mass is 10.00. The van der Waals surface area contributed by atoms with Crippen molar-refractivity contribution in [1.29, 1.82) is 5.26 Å². The van der Waals surface area contributed by atoms with Crippen LogP contribution in [0.2, 0.25) is 0 Å². The van der Waals surface area contributed by atoms with E-state index in [1.165, 1.54) is 0 Å². The molecule has 0 radical (unpaired) electrons. The molecule has 1 aromatic rings. The summed E-state index contributed by atoms with van der Waals surface area (Å²) in [6.07, 6.45) is 1.18. The van der Waals surface area contributed by atoms with Crippen LogP contribution in [0.1, 0.15) is 23.1 Å². The summed E-state index contributed by atoms with van der Waals surface area (Å²) in [6.45, 7) is 4.01. The average molecular weight is 219 g/mol. The van der Waals surface area contributed by atoms with Gasteiger partial charge in [0.25, 0.3) is 0 Å². The highest BCUT2D eigenvalue weighted by atomic mass is 16.5. The van der Waals surface area contributed by atoms with E-state index in [2.05, 4.69) is 6.07 Å². The van der Waals surface area contributed by atoms with Gasteiger partial charge in [-0.15, -0.1) is 0 Å². The Bertz CT molecular complexity index is 419. The van der Waals surface area contributed by atoms with Gasteiger partial charge >= 0.3 is 0 Å². The maximum absolute atomic E-state index is 8.62. The van der Waals surface area contributed by atoms with E-state index in [9.17, 15) is 0 Å². The fourth-order valence-electron chi connectivity index (χ4n) is 1.80. The molecule has 86 valence electrons. The molecule has 0 aromatic heterocycles. The molecule has 1 aromatic carbocycles. The monoisotopic (exact) mass is 219 g/mol. The molecule has 0 N–H and O–H groups in total. The summed E-state index contributed by atoms with van der Waals surface area (Å²) in [6, 6.07) is 4.10. The fourth-order valence-corrected chi connectivity index (χ4v) is 1.80. The van der Waals surface area contributed by atoms with Crippen LogP contribution in [0, 0.1) is 25.2 Å². The van der Waals surface area contributed by atoms with Crippen molar-refractivity contribution in [2.24, 2.45) is 0 Å². The summed E-state index contributed by atoms with van der Waals surface area (Å²) in [7, 11) is 3.31. The summed E-state index contributed by atoms with van der Waals surface area (Å²) in [5.41, 5.74) is 3.19. The second kappa shape index (κ2) is 5.41. The quantitative estimate of drug-likeness (QED) is 0.782. The van der Waals surface area contributed by atoms with Crippen molar-refractivity contribution >= 4 is 0 Å². The summed E-state index contributed by atoms with van der Waals surface area (Å²) >= 11 is 0. The first-order valence-corrected chi connectivity index (χ1v) is 5.23. The van der Waals surface area contributed by atoms with Gasteiger partial charge < -0.3 is 9.47 Å². The third kappa shape index (κ3) is 2.27. The Balaban J connectivity index is 3.25. The first-order valence-electron chi connectivity index (χ1n) is 5.23. The van der Waals surface area contributed by atoms with Gasteiger partial charge in [-0.1, -0.05) is 0 Å². The van der Waals surface area contributed by atoms with Gasteiger partial charge in [-0.2, -0.15) is 5.26 Å². The van der Waals surface area contributed by atoms with E-state index in [-0.39, 0.29) is 0 Å². The van der Waals surface area contributed by atoms with E-state index >= 15 is 0 Å². The van der Waals surface area contributed by atoms with Gasteiger partial charge in [0.2, 0.25) is 0 Å². The van der Waals surface area contributed by atoms with Crippen LogP contribution in [0.5, 0.6) is 11.5 Å². The third-order valence-electron chi connectivity index (χ3n) is 2.80. The van der Waals surface area contributed by atoms with Crippen LogP contribution in [0.3, 0.4) is 0 Å². The number of rotatable bonds is 4. The number of benzene rings is 1. The Kier molecular flexibility index (Phi) is 4.19. The van der Waals surface area contributed by atoms with Gasteiger partial charge in [0.05, 0.1) is 20.3 Å². The van der Waals surface area contributed by atoms with Crippen molar-refractivity contribution in [3.8, 4) is 17.6 Å². The zero-order chi connectivity index (χ0) is 12.1. The van der Waals surface area contributed by atoms with Crippen molar-refractivity contribution in [2.45, 2.75) is 26.7 Å². The molecule has 0 unspecified atom stereocenters. The second-order valence-corrected chi connectivity index (χ2v) is 3.68. The molecule has 3 heteroatoms. The predicted octanol–water partition coefficient (Wildman–Crippen LogP) is 2.78. The van der Waals surface area contributed by atoms with E-state index in [0.717, 1.165) is 28.2 Å². The third-order valence-corrected chi connectivity index (χ3v) is 2.80. The highest BCUT2D eigenvalue weighted by Crippen LogP contribution is 2.33. The maximum atomic E-state index is 8.62. The van der Waals surface area contributed by atoms with Gasteiger partial charge in [-0.3, -0.25) is 0 Å². The Hall–Kier alpha value is -1.69. The molecule has 0 heterocycles. The van der Waals surface area contributed by atoms with E-state index < -0.39 is 0 Å². The van der Waals surface area contributed by atoms with Crippen LogP contribution in [0.25, 0.3) is 0 Å². The molecule has 0 aliphatic rings. The largest absolute Gasteiger partial charge is 0.496 e. The number of nitrogens with zero attached hydrogens (tertiary/aromatic N) is 1. The number of hydrogen-bond donors (Lipinski definition) is 0. The number of aryl methyl sites for hydroxylation is 1. The normalized spacial score (nSPS) is 9.69. The number of nitriles is 1. The van der Waals surface area contributed by atoms with Crippen molar-refractivity contribution < 1.29 is 9.47 Å². The van der Waals surface area contributed by atoms with Gasteiger partial charge in [0.1, 0.15) is 11.5 Å². The van der Waals surface area contributed by atoms with E-state index in [4.69, 9.17) is 14.7 Å². The molecule has 0 saturated carbocycles. The molecular weight excluding hydrogens is 202 g/mol. The molecule has 0 saturated heterocycles. The zero-order valence-electron chi connectivity index (χ0n) is 10.3. The van der Waals surface area contributed by atoms with Gasteiger partial charge in [-0.05, 0) is 43.0 Å². The lowest BCUT2D eigenvalue weighted by Gasteiger charge is -2.16. The minimum atomic E-state index is 0.488. The first kappa shape index (κ1) is 12.4. The fraction of sp³-hybridized carbons (Fsp3) is 0.462. The van der Waals surface area contributed by atoms with Crippen molar-refractivity contribution in [1.82, 2.24) is 0 Å². The molecule has 0 amide bonds. The van der Waals surface area contributed by atoms with E-state index in [1.807, 2.05) is 19.9 Å². The smallest absolute Gasteiger partial charge is 0.125 e. The van der Waals surface area contributed by atoms with Crippen LogP contribution in [-0.4, -0.2) is 14.2 Å². The number of hydrogen-bond acceptors (Lipinski definition) is 3. The Labute approximate surface area is 96.6 Å². The molecular formula is C13H17NO2. The number of ether oxygens (including phenoxy) is 2. The molecule has 0 atom stereocenters. The molecule has 0 bridgehead atoms. The molecule has 16 heavy (non-hydrogen) atoms. The van der Waals surface area contributed by atoms with E-state index in [0.29, 0.717) is 12.8 Å². The highest BCUT2D eigenvalue weighted by Gasteiger charge is 2.13. The highest BCUT2D eigenvalue weighted by molar-refractivity contribution is 5.52. The first-order chi connectivity index (χ1) is 7.65. The standard InChI is InChI=1S/C13H17NO2/c1-9-10(2)13(16-4)11(6-5-7-14)8-12(9)15-3/h8H,5-6H2,1-4H3. The summed E-state index contributed by atoms with van der Waals surface area (Å²) in [5.74, 6) is 1.72. The van der Waals surface area contributed by atoms with Crippen molar-refractivity contribution in [2.75, 3.05) is 14.2 Å². The molecule has 0 spiro atoms. The average Bonchev–Trinajstić information content (AvgIpc) is 2.30. The van der Waals surface area contributed by atoms with E-state index in [1.54, 1.807) is 14.2 Å². The second-order valence-electron chi connectivity index (χ2n) is 3.68. The zero-order valence-corrected chi connectivity index (χ0v) is 10.3. The van der Waals surface area contributed by atoms with Crippen LogP contribution in [-0.2, 0) is 6.42 Å². The number of methoxy groups -OCH3 is 2. The minimum absolute atomic E-state index is 0.488.